The zero-order chi connectivity index (χ0) is 38.9. The van der Waals surface area contributed by atoms with Gasteiger partial charge in [0.1, 0.15) is 46.4 Å². The van der Waals surface area contributed by atoms with Crippen molar-refractivity contribution >= 4 is 28.7 Å². The van der Waals surface area contributed by atoms with Gasteiger partial charge in [-0.3, -0.25) is 10.2 Å². The van der Waals surface area contributed by atoms with E-state index in [0.717, 1.165) is 22.1 Å². The molecule has 1 aliphatic rings. The highest BCUT2D eigenvalue weighted by Gasteiger charge is 2.45. The van der Waals surface area contributed by atoms with Crippen molar-refractivity contribution in [3.63, 3.8) is 0 Å². The Bertz CT molecular complexity index is 2200. The lowest BCUT2D eigenvalue weighted by Crippen LogP contribution is -2.45. The molecule has 1 aliphatic heterocycles. The summed E-state index contributed by atoms with van der Waals surface area (Å²) in [5, 5.41) is 22.0. The van der Waals surface area contributed by atoms with Gasteiger partial charge in [-0.05, 0) is 59.2 Å². The van der Waals surface area contributed by atoms with Crippen LogP contribution in [-0.4, -0.2) is 76.7 Å². The molecule has 0 spiro atoms. The zero-order valence-electron chi connectivity index (χ0n) is 30.9. The minimum absolute atomic E-state index is 0.0320. The van der Waals surface area contributed by atoms with Crippen LogP contribution in [0.4, 0.5) is 0 Å². The van der Waals surface area contributed by atoms with Crippen molar-refractivity contribution in [1.29, 1.82) is 5.26 Å². The standard InChI is InChI=1S/C43H41N5O7S/c1-51-32-18-14-30(15-19-32)43(29-10-5-3-6-11-29,31-16-20-33(52-2)21-17-31)53-27-38-36(49)26-37(55-38)39(54-34-12-7-4-8-13-34)41(50)47-48-24-22-35-40(48)45-28-46-42(35)56-25-9-23-44/h3-8,10-22,24,28,36-39,49H,9,25-27H2,1-2H3,(H,47,50)/t36-,37-,38+,39?/m0/s1. The summed E-state index contributed by atoms with van der Waals surface area (Å²) >= 11 is 1.45. The largest absolute Gasteiger partial charge is 0.497 e. The van der Waals surface area contributed by atoms with Crippen molar-refractivity contribution in [2.75, 3.05) is 32.0 Å². The molecule has 1 unspecified atom stereocenters. The fourth-order valence-electron chi connectivity index (χ4n) is 6.84. The summed E-state index contributed by atoms with van der Waals surface area (Å²) in [5.74, 6) is 1.93. The van der Waals surface area contributed by atoms with Crippen molar-refractivity contribution in [2.24, 2.45) is 0 Å². The number of aliphatic hydroxyl groups is 1. The number of aliphatic hydroxyl groups excluding tert-OH is 1. The normalized spacial score (nSPS) is 17.2. The highest BCUT2D eigenvalue weighted by Crippen LogP contribution is 2.42. The van der Waals surface area contributed by atoms with Crippen LogP contribution in [0.3, 0.4) is 0 Å². The second-order valence-electron chi connectivity index (χ2n) is 13.0. The molecular weight excluding hydrogens is 731 g/mol. The molecule has 1 saturated heterocycles. The van der Waals surface area contributed by atoms with Crippen molar-refractivity contribution in [3.8, 4) is 23.3 Å². The topological polar surface area (TPSA) is 150 Å². The van der Waals surface area contributed by atoms with Crippen molar-refractivity contribution < 1.29 is 33.6 Å². The molecule has 2 N–H and O–H groups in total. The molecule has 0 bridgehead atoms. The first-order chi connectivity index (χ1) is 27.4. The molecule has 13 heteroatoms. The fraction of sp³-hybridized carbons (Fsp3) is 0.256. The van der Waals surface area contributed by atoms with E-state index in [0.29, 0.717) is 40.1 Å². The van der Waals surface area contributed by atoms with Gasteiger partial charge in [0.25, 0.3) is 5.91 Å². The quantitative estimate of drug-likeness (QED) is 0.0481. The molecule has 1 fully saturated rings. The number of carbonyl (C=O) groups is 1. The average molecular weight is 772 g/mol. The van der Waals surface area contributed by atoms with Gasteiger partial charge >= 0.3 is 0 Å². The molecular formula is C43H41N5O7S. The number of benzene rings is 4. The van der Waals surface area contributed by atoms with E-state index in [1.807, 2.05) is 103 Å². The van der Waals surface area contributed by atoms with Gasteiger partial charge in [-0.1, -0.05) is 72.8 Å². The monoisotopic (exact) mass is 771 g/mol. The van der Waals surface area contributed by atoms with Crippen LogP contribution in [-0.2, 0) is 19.9 Å². The van der Waals surface area contributed by atoms with Crippen LogP contribution in [0.2, 0.25) is 0 Å². The third-order valence-corrected chi connectivity index (χ3v) is 10.6. The molecule has 286 valence electrons. The number of methoxy groups -OCH3 is 2. The van der Waals surface area contributed by atoms with Crippen LogP contribution >= 0.6 is 11.8 Å². The second kappa shape index (κ2) is 17.7. The summed E-state index contributed by atoms with van der Waals surface area (Å²) in [6, 6.07) is 38.2. The van der Waals surface area contributed by atoms with Crippen LogP contribution in [0.5, 0.6) is 17.2 Å². The van der Waals surface area contributed by atoms with E-state index in [4.69, 9.17) is 28.9 Å². The molecule has 2 aromatic heterocycles. The van der Waals surface area contributed by atoms with Crippen LogP contribution < -0.4 is 19.6 Å². The highest BCUT2D eigenvalue weighted by atomic mass is 32.2. The minimum Gasteiger partial charge on any atom is -0.497 e. The van der Waals surface area contributed by atoms with Gasteiger partial charge in [-0.2, -0.15) is 5.26 Å². The van der Waals surface area contributed by atoms with Gasteiger partial charge in [-0.25, -0.2) is 14.6 Å². The maximum absolute atomic E-state index is 14.2. The highest BCUT2D eigenvalue weighted by molar-refractivity contribution is 7.99. The molecule has 0 saturated carbocycles. The third kappa shape index (κ3) is 8.19. The zero-order valence-corrected chi connectivity index (χ0v) is 31.7. The number of para-hydroxylation sites is 1. The number of nitrogens with one attached hydrogen (secondary N) is 1. The summed E-state index contributed by atoms with van der Waals surface area (Å²) in [7, 11) is 3.24. The number of hydrogen-bond acceptors (Lipinski definition) is 11. The number of thioether (sulfide) groups is 1. The van der Waals surface area contributed by atoms with Crippen LogP contribution in [0, 0.1) is 11.3 Å². The van der Waals surface area contributed by atoms with Gasteiger partial charge in [0.05, 0.1) is 38.4 Å². The Morgan fingerprint density at radius 2 is 1.54 bits per heavy atom. The van der Waals surface area contributed by atoms with Gasteiger partial charge in [0.15, 0.2) is 5.65 Å². The first kappa shape index (κ1) is 38.4. The van der Waals surface area contributed by atoms with Crippen molar-refractivity contribution in [1.82, 2.24) is 14.6 Å². The molecule has 3 heterocycles. The number of amides is 1. The van der Waals surface area contributed by atoms with E-state index in [2.05, 4.69) is 21.5 Å². The first-order valence-electron chi connectivity index (χ1n) is 18.1. The minimum atomic E-state index is -1.16. The number of ether oxygens (including phenoxy) is 5. The van der Waals surface area contributed by atoms with E-state index in [9.17, 15) is 9.90 Å². The number of nitrogens with zero attached hydrogens (tertiary/aromatic N) is 4. The molecule has 56 heavy (non-hydrogen) atoms. The van der Waals surface area contributed by atoms with E-state index in [-0.39, 0.29) is 13.0 Å². The maximum atomic E-state index is 14.2. The predicted octanol–water partition coefficient (Wildman–Crippen LogP) is 6.50. The van der Waals surface area contributed by atoms with Crippen molar-refractivity contribution in [3.05, 3.63) is 144 Å². The first-order valence-corrected chi connectivity index (χ1v) is 19.1. The SMILES string of the molecule is COc1ccc(C(OC[C@H]2O[C@H](C(Oc3ccccc3)C(=O)Nn3ccc4c(SCCC#N)ncnc43)C[C@@H]2O)(c2ccccc2)c2ccc(OC)cc2)cc1. The molecule has 1 amide bonds. The average Bonchev–Trinajstić information content (AvgIpc) is 3.84. The van der Waals surface area contributed by atoms with Gasteiger partial charge < -0.3 is 28.8 Å². The van der Waals surface area contributed by atoms with Crippen LogP contribution in [0.15, 0.2) is 133 Å². The smallest absolute Gasteiger partial charge is 0.282 e. The molecule has 7 rings (SSSR count). The molecule has 4 atom stereocenters. The molecule has 4 aromatic carbocycles. The van der Waals surface area contributed by atoms with Gasteiger partial charge in [0, 0.05) is 24.8 Å². The maximum Gasteiger partial charge on any atom is 0.282 e. The number of rotatable bonds is 16. The molecule has 6 aromatic rings. The summed E-state index contributed by atoms with van der Waals surface area (Å²) in [5.41, 5.74) is 4.78. The summed E-state index contributed by atoms with van der Waals surface area (Å²) < 4.78 is 32.3. The Hall–Kier alpha value is -5.91. The Kier molecular flexibility index (Phi) is 12.1. The number of carbonyl (C=O) groups excluding carboxylic acids is 1. The van der Waals surface area contributed by atoms with E-state index in [1.54, 1.807) is 32.5 Å². The van der Waals surface area contributed by atoms with E-state index in [1.165, 1.54) is 22.8 Å². The fourth-order valence-corrected chi connectivity index (χ4v) is 7.66. The van der Waals surface area contributed by atoms with Crippen molar-refractivity contribution in [2.45, 2.75) is 47.9 Å². The lowest BCUT2D eigenvalue weighted by Gasteiger charge is -2.37. The van der Waals surface area contributed by atoms with E-state index < -0.39 is 35.9 Å². The number of aromatic nitrogens is 3. The van der Waals surface area contributed by atoms with Gasteiger partial charge in [0.2, 0.25) is 6.10 Å². The molecule has 12 nitrogen and oxygen atoms in total. The number of hydrogen-bond donors (Lipinski definition) is 2. The lowest BCUT2D eigenvalue weighted by molar-refractivity contribution is -0.134. The third-order valence-electron chi connectivity index (χ3n) is 9.62. The Morgan fingerprint density at radius 3 is 2.16 bits per heavy atom. The predicted molar refractivity (Wildman–Crippen MR) is 211 cm³/mol. The summed E-state index contributed by atoms with van der Waals surface area (Å²) in [6.07, 6.45) is -0.216. The van der Waals surface area contributed by atoms with E-state index >= 15 is 0 Å². The number of nitriles is 1. The Balaban J connectivity index is 1.17. The second-order valence-corrected chi connectivity index (χ2v) is 14.1. The number of fused-ring (bicyclic) bond motifs is 1. The summed E-state index contributed by atoms with van der Waals surface area (Å²) in [4.78, 5) is 23.0. The van der Waals surface area contributed by atoms with Crippen LogP contribution in [0.1, 0.15) is 29.5 Å². The molecule has 0 radical (unpaired) electrons. The van der Waals surface area contributed by atoms with Gasteiger partial charge in [-0.15, -0.1) is 11.8 Å². The molecule has 0 aliphatic carbocycles. The lowest BCUT2D eigenvalue weighted by atomic mass is 9.80. The summed E-state index contributed by atoms with van der Waals surface area (Å²) in [6.45, 7) is -0.0320. The van der Waals surface area contributed by atoms with Crippen LogP contribution in [0.25, 0.3) is 11.0 Å². The Labute approximate surface area is 328 Å². The Morgan fingerprint density at radius 1 is 0.911 bits per heavy atom.